The van der Waals surface area contributed by atoms with Crippen molar-refractivity contribution in [3.8, 4) is 0 Å². The van der Waals surface area contributed by atoms with Gasteiger partial charge in [0.2, 0.25) is 0 Å². The minimum atomic E-state index is -4.95. The third-order valence-electron chi connectivity index (χ3n) is 14.9. The third-order valence-corrected chi connectivity index (χ3v) is 16.8. The summed E-state index contributed by atoms with van der Waals surface area (Å²) in [7, 11) is -9.81. The van der Waals surface area contributed by atoms with Crippen LogP contribution in [-0.2, 0) is 55.8 Å². The maximum absolute atomic E-state index is 12.9. The van der Waals surface area contributed by atoms with Gasteiger partial charge in [0.15, 0.2) is 6.10 Å². The zero-order valence-corrected chi connectivity index (χ0v) is 62.9. The second-order valence-corrected chi connectivity index (χ2v) is 27.2. The van der Waals surface area contributed by atoms with E-state index in [0.29, 0.717) is 19.3 Å². The quantitative estimate of drug-likeness (QED) is 0.0146. The zero-order valence-electron chi connectivity index (χ0n) is 61.1. The van der Waals surface area contributed by atoms with Crippen molar-refractivity contribution in [2.45, 2.75) is 283 Å². The second-order valence-electron chi connectivity index (χ2n) is 24.3. The first-order valence-electron chi connectivity index (χ1n) is 37.4. The summed E-state index contributed by atoms with van der Waals surface area (Å²) in [5, 5.41) is 20.6. The molecule has 562 valence electrons. The zero-order chi connectivity index (χ0) is 72.3. The second kappa shape index (κ2) is 72.7. The topological polar surface area (TPSA) is 231 Å². The molecule has 0 radical (unpaired) electrons. The Morgan fingerprint density at radius 3 is 0.808 bits per heavy atom. The van der Waals surface area contributed by atoms with Crippen LogP contribution in [0.2, 0.25) is 0 Å². The molecule has 0 fully saturated rings. The molecular formula is C81H132O16P2. The molecule has 0 aromatic carbocycles. The fourth-order valence-electron chi connectivity index (χ4n) is 9.32. The summed E-state index contributed by atoms with van der Waals surface area (Å²) in [5.41, 5.74) is 0. The summed E-state index contributed by atoms with van der Waals surface area (Å²) in [6.07, 6.45) is 91.2. The Kier molecular flexibility index (Phi) is 69.0. The Balaban J connectivity index is 4.59. The number of carbonyl (C=O) groups excluding carboxylic acids is 3. The molecule has 18 heteroatoms. The molecule has 0 aromatic heterocycles. The van der Waals surface area contributed by atoms with Gasteiger partial charge in [-0.15, -0.1) is 0 Å². The van der Waals surface area contributed by atoms with Gasteiger partial charge in [-0.25, -0.2) is 9.13 Å². The van der Waals surface area contributed by atoms with Crippen molar-refractivity contribution in [1.82, 2.24) is 0 Å². The van der Waals surface area contributed by atoms with E-state index < -0.39 is 91.5 Å². The molecule has 0 spiro atoms. The van der Waals surface area contributed by atoms with Gasteiger partial charge in [-0.3, -0.25) is 32.5 Å². The van der Waals surface area contributed by atoms with Gasteiger partial charge in [-0.1, -0.05) is 268 Å². The molecule has 99 heavy (non-hydrogen) atoms. The first kappa shape index (κ1) is 93.9. The smallest absolute Gasteiger partial charge is 0.463 e. The minimum absolute atomic E-state index is 0.0716. The molecule has 0 aliphatic carbocycles. The highest BCUT2D eigenvalue weighted by molar-refractivity contribution is 7.47. The number of aliphatic hydroxyl groups is 2. The van der Waals surface area contributed by atoms with Crippen LogP contribution in [0, 0.1) is 0 Å². The molecule has 0 aliphatic rings. The summed E-state index contributed by atoms with van der Waals surface area (Å²) in [4.78, 5) is 58.5. The van der Waals surface area contributed by atoms with Crippen molar-refractivity contribution >= 4 is 33.6 Å². The molecule has 5 atom stereocenters. The molecular weight excluding hydrogens is 1290 g/mol. The number of hydrogen-bond donors (Lipinski definition) is 4. The molecule has 0 heterocycles. The van der Waals surface area contributed by atoms with Crippen LogP contribution < -0.4 is 0 Å². The van der Waals surface area contributed by atoms with E-state index in [9.17, 15) is 43.5 Å². The summed E-state index contributed by atoms with van der Waals surface area (Å²) >= 11 is 0. The van der Waals surface area contributed by atoms with Gasteiger partial charge in [0.25, 0.3) is 0 Å². The number of rotatable bonds is 69. The molecule has 0 aliphatic heterocycles. The summed E-state index contributed by atoms with van der Waals surface area (Å²) in [5.74, 6) is -1.65. The van der Waals surface area contributed by atoms with Gasteiger partial charge in [-0.05, 0) is 148 Å². The predicted molar refractivity (Wildman–Crippen MR) is 408 cm³/mol. The van der Waals surface area contributed by atoms with Crippen LogP contribution >= 0.6 is 15.6 Å². The van der Waals surface area contributed by atoms with Crippen molar-refractivity contribution in [2.24, 2.45) is 0 Å². The number of hydrogen-bond acceptors (Lipinski definition) is 14. The molecule has 0 rings (SSSR count). The van der Waals surface area contributed by atoms with E-state index >= 15 is 0 Å². The SMILES string of the molecule is CC/C=C\C/C=C\C/C=C\C/C=C\C/C=C\C/C=C\CCCCCCCCCCCCC(=O)OCC(O)COP(=O)(O)OCC(O)COP(=O)(O)OCC(COC(=O)CCCCC/C=C\C/C=C\C/C=C\C/C=C\C/C=C\CC)OC(=O)CCCCCCC/C=C\C/C=C\C/C=C\CC. The minimum Gasteiger partial charge on any atom is -0.463 e. The standard InChI is InChI=1S/C81H132O16P2/c1-4-7-10-13-16-19-22-25-28-30-32-33-34-35-36-37-38-39-40-41-43-45-47-49-52-55-58-61-64-67-79(84)91-70-76(82)71-93-98(87,88)94-72-77(83)73-95-99(89,90)96-75-78(97-81(86)69-66-63-60-57-54-51-46-27-24-21-18-15-12-9-6-3)74-92-80(85)68-65-62-59-56-53-50-48-44-42-31-29-26-23-20-17-14-11-8-5-2/h7-12,16-21,25-29,32-33,35-36,38-39,42,44,46,50,53,76-78,82-83H,4-6,13-15,22-24,30-31,34,37,40-41,43,45,47-49,51-52,54-75H2,1-3H3,(H,87,88)(H,89,90)/b10-7-,11-8-,12-9-,19-16-,20-17-,21-18-,28-25-,29-26-,33-32-,36-35-,39-38-,44-42-,46-27-,53-50-. The van der Waals surface area contributed by atoms with E-state index in [2.05, 4.69) is 191 Å². The Hall–Kier alpha value is -5.09. The van der Waals surface area contributed by atoms with Gasteiger partial charge in [0.1, 0.15) is 25.4 Å². The Bertz CT molecular complexity index is 2480. The molecule has 0 amide bonds. The van der Waals surface area contributed by atoms with Crippen molar-refractivity contribution in [3.63, 3.8) is 0 Å². The van der Waals surface area contributed by atoms with Crippen LogP contribution in [0.25, 0.3) is 0 Å². The number of unbranched alkanes of at least 4 members (excludes halogenated alkanes) is 18. The molecule has 0 saturated heterocycles. The fourth-order valence-corrected chi connectivity index (χ4v) is 10.9. The van der Waals surface area contributed by atoms with Crippen molar-refractivity contribution in [1.29, 1.82) is 0 Å². The molecule has 5 unspecified atom stereocenters. The van der Waals surface area contributed by atoms with Crippen LogP contribution in [0.1, 0.15) is 265 Å². The third kappa shape index (κ3) is 73.9. The van der Waals surface area contributed by atoms with Gasteiger partial charge in [0.05, 0.1) is 26.4 Å². The largest absolute Gasteiger partial charge is 0.472 e. The Labute approximate surface area is 599 Å². The highest BCUT2D eigenvalue weighted by atomic mass is 31.2. The lowest BCUT2D eigenvalue weighted by Crippen LogP contribution is -2.30. The van der Waals surface area contributed by atoms with E-state index in [1.165, 1.54) is 32.1 Å². The number of allylic oxidation sites excluding steroid dienone is 28. The maximum atomic E-state index is 12.9. The lowest BCUT2D eigenvalue weighted by Gasteiger charge is -2.21. The molecule has 16 nitrogen and oxygen atoms in total. The van der Waals surface area contributed by atoms with Crippen LogP contribution in [0.4, 0.5) is 0 Å². The lowest BCUT2D eigenvalue weighted by molar-refractivity contribution is -0.161. The van der Waals surface area contributed by atoms with Gasteiger partial charge < -0.3 is 34.2 Å². The number of aliphatic hydroxyl groups excluding tert-OH is 2. The monoisotopic (exact) mass is 1420 g/mol. The molecule has 0 aromatic rings. The number of carbonyl (C=O) groups is 3. The number of esters is 3. The van der Waals surface area contributed by atoms with Crippen LogP contribution in [0.3, 0.4) is 0 Å². The lowest BCUT2D eigenvalue weighted by atomic mass is 10.1. The molecule has 0 bridgehead atoms. The number of ether oxygens (including phenoxy) is 3. The van der Waals surface area contributed by atoms with E-state index in [0.717, 1.165) is 173 Å². The van der Waals surface area contributed by atoms with Crippen LogP contribution in [0.5, 0.6) is 0 Å². The Morgan fingerprint density at radius 1 is 0.283 bits per heavy atom. The first-order valence-corrected chi connectivity index (χ1v) is 40.4. The highest BCUT2D eigenvalue weighted by Crippen LogP contribution is 2.45. The summed E-state index contributed by atoms with van der Waals surface area (Å²) in [6.45, 7) is 2.25. The predicted octanol–water partition coefficient (Wildman–Crippen LogP) is 21.6. The van der Waals surface area contributed by atoms with Crippen LogP contribution in [0.15, 0.2) is 170 Å². The van der Waals surface area contributed by atoms with Crippen molar-refractivity contribution < 1.29 is 75.8 Å². The summed E-state index contributed by atoms with van der Waals surface area (Å²) in [6, 6.07) is 0. The Morgan fingerprint density at radius 2 is 0.505 bits per heavy atom. The average Bonchev–Trinajstić information content (AvgIpc) is 1.73. The molecule has 0 saturated carbocycles. The fraction of sp³-hybridized carbons (Fsp3) is 0.617. The van der Waals surface area contributed by atoms with E-state index in [4.69, 9.17) is 32.3 Å². The maximum Gasteiger partial charge on any atom is 0.472 e. The van der Waals surface area contributed by atoms with Crippen molar-refractivity contribution in [3.05, 3.63) is 170 Å². The molecule has 4 N–H and O–H groups in total. The highest BCUT2D eigenvalue weighted by Gasteiger charge is 2.29. The average molecular weight is 1420 g/mol. The number of phosphoric ester groups is 2. The van der Waals surface area contributed by atoms with Gasteiger partial charge in [0, 0.05) is 19.3 Å². The summed E-state index contributed by atoms with van der Waals surface area (Å²) < 4.78 is 61.0. The number of phosphoric acid groups is 2. The normalized spacial score (nSPS) is 15.0. The van der Waals surface area contributed by atoms with Crippen LogP contribution in [-0.4, -0.2) is 95.9 Å². The first-order chi connectivity index (χ1) is 48.2. The van der Waals surface area contributed by atoms with E-state index in [1.807, 2.05) is 0 Å². The van der Waals surface area contributed by atoms with Crippen molar-refractivity contribution in [2.75, 3.05) is 39.6 Å². The van der Waals surface area contributed by atoms with E-state index in [-0.39, 0.29) is 19.3 Å². The van der Waals surface area contributed by atoms with Gasteiger partial charge >= 0.3 is 33.6 Å². The van der Waals surface area contributed by atoms with Gasteiger partial charge in [-0.2, -0.15) is 0 Å². The van der Waals surface area contributed by atoms with E-state index in [1.54, 1.807) is 0 Å².